The summed E-state index contributed by atoms with van der Waals surface area (Å²) in [5.41, 5.74) is -1.12. The summed E-state index contributed by atoms with van der Waals surface area (Å²) in [6.45, 7) is 6.45. The first-order chi connectivity index (χ1) is 27.7. The SMILES string of the molecule is CCOC(=O)C1(O)CCN(CCCOC2(COc3cc(OCc4cncc(C#N)c4)c(CNC(C)(CO)C(=O)O)cc3Cl)C=CC=C(c3ccccc3)C2(C)Cl)CC1. The Kier molecular flexibility index (Phi) is 15.0. The summed E-state index contributed by atoms with van der Waals surface area (Å²) < 4.78 is 24.6. The number of halogens is 2. The van der Waals surface area contributed by atoms with Gasteiger partial charge in [-0.3, -0.25) is 15.1 Å². The van der Waals surface area contributed by atoms with Crippen LogP contribution in [0.15, 0.2) is 79.2 Å². The highest BCUT2D eigenvalue weighted by atomic mass is 35.5. The number of alkyl halides is 1. The number of benzene rings is 2. The number of nitriles is 1. The number of nitrogens with zero attached hydrogens (tertiary/aromatic N) is 3. The average Bonchev–Trinajstić information content (AvgIpc) is 3.22. The Morgan fingerprint density at radius 3 is 2.52 bits per heavy atom. The summed E-state index contributed by atoms with van der Waals surface area (Å²) in [6, 6.07) is 16.7. The molecule has 0 spiro atoms. The first-order valence-electron chi connectivity index (χ1n) is 19.1. The minimum absolute atomic E-state index is 0.0205. The number of ether oxygens (including phenoxy) is 4. The Balaban J connectivity index is 1.38. The number of hydrogen-bond acceptors (Lipinski definition) is 12. The van der Waals surface area contributed by atoms with E-state index in [9.17, 15) is 30.2 Å². The summed E-state index contributed by atoms with van der Waals surface area (Å²) >= 11 is 14.4. The van der Waals surface area contributed by atoms with Crippen LogP contribution in [0.4, 0.5) is 0 Å². The monoisotopic (exact) mass is 836 g/mol. The molecule has 3 atom stereocenters. The molecule has 2 aliphatic rings. The zero-order valence-electron chi connectivity index (χ0n) is 32.9. The van der Waals surface area contributed by atoms with Crippen molar-refractivity contribution in [3.63, 3.8) is 0 Å². The zero-order chi connectivity index (χ0) is 42.0. The molecule has 1 fully saturated rings. The molecule has 0 amide bonds. The lowest BCUT2D eigenvalue weighted by molar-refractivity contribution is -0.170. The quantitative estimate of drug-likeness (QED) is 0.0659. The molecule has 2 aromatic carbocycles. The predicted molar refractivity (Wildman–Crippen MR) is 219 cm³/mol. The smallest absolute Gasteiger partial charge is 0.338 e. The second kappa shape index (κ2) is 19.5. The molecular weight excluding hydrogens is 787 g/mol. The normalized spacial score (nSPS) is 21.3. The number of aliphatic carboxylic acids is 1. The maximum atomic E-state index is 12.3. The van der Waals surface area contributed by atoms with E-state index in [-0.39, 0.29) is 50.0 Å². The van der Waals surface area contributed by atoms with Crippen LogP contribution in [0, 0.1) is 11.3 Å². The summed E-state index contributed by atoms with van der Waals surface area (Å²) in [5, 5.41) is 42.8. The number of aromatic nitrogens is 1. The minimum atomic E-state index is -1.64. The summed E-state index contributed by atoms with van der Waals surface area (Å²) in [5.74, 6) is -1.26. The number of carbonyl (C=O) groups is 2. The van der Waals surface area contributed by atoms with Crippen molar-refractivity contribution in [2.24, 2.45) is 0 Å². The molecule has 4 N–H and O–H groups in total. The Hall–Kier alpha value is -4.52. The van der Waals surface area contributed by atoms with Crippen molar-refractivity contribution in [1.29, 1.82) is 5.26 Å². The number of carboxylic acid groups (broad SMARTS) is 1. The van der Waals surface area contributed by atoms with Gasteiger partial charge >= 0.3 is 11.9 Å². The third kappa shape index (κ3) is 10.4. The molecular formula is C43H50Cl2N4O9. The van der Waals surface area contributed by atoms with Gasteiger partial charge in [-0.1, -0.05) is 54.1 Å². The molecule has 0 saturated carbocycles. The van der Waals surface area contributed by atoms with Gasteiger partial charge in [-0.2, -0.15) is 5.26 Å². The highest BCUT2D eigenvalue weighted by Crippen LogP contribution is 2.48. The second-order valence-electron chi connectivity index (χ2n) is 14.8. The fourth-order valence-corrected chi connectivity index (χ4v) is 7.40. The summed E-state index contributed by atoms with van der Waals surface area (Å²) in [7, 11) is 0. The van der Waals surface area contributed by atoms with E-state index in [1.54, 1.807) is 31.3 Å². The van der Waals surface area contributed by atoms with Crippen LogP contribution in [0.2, 0.25) is 5.02 Å². The number of carboxylic acids is 1. The number of allylic oxidation sites excluding steroid dienone is 2. The van der Waals surface area contributed by atoms with Crippen molar-refractivity contribution in [3.05, 3.63) is 106 Å². The van der Waals surface area contributed by atoms with Gasteiger partial charge in [-0.25, -0.2) is 4.79 Å². The van der Waals surface area contributed by atoms with E-state index in [2.05, 4.69) is 21.3 Å². The predicted octanol–water partition coefficient (Wildman–Crippen LogP) is 5.68. The molecule has 310 valence electrons. The van der Waals surface area contributed by atoms with Crippen LogP contribution in [0.3, 0.4) is 0 Å². The van der Waals surface area contributed by atoms with Crippen LogP contribution in [-0.4, -0.2) is 105 Å². The van der Waals surface area contributed by atoms with Crippen LogP contribution in [-0.2, 0) is 32.2 Å². The average molecular weight is 838 g/mol. The Labute approximate surface area is 348 Å². The maximum Gasteiger partial charge on any atom is 0.338 e. The lowest BCUT2D eigenvalue weighted by Crippen LogP contribution is -2.55. The number of likely N-dealkylation sites (tertiary alicyclic amines) is 1. The summed E-state index contributed by atoms with van der Waals surface area (Å²) in [4.78, 5) is 29.4. The van der Waals surface area contributed by atoms with Crippen LogP contribution >= 0.6 is 23.2 Å². The number of hydrogen-bond donors (Lipinski definition) is 4. The van der Waals surface area contributed by atoms with Gasteiger partial charge in [0.2, 0.25) is 0 Å². The molecule has 1 aliphatic carbocycles. The number of nitrogens with one attached hydrogen (secondary N) is 1. The number of esters is 1. The molecule has 0 radical (unpaired) electrons. The highest BCUT2D eigenvalue weighted by molar-refractivity contribution is 6.32. The molecule has 15 heteroatoms. The maximum absolute atomic E-state index is 12.3. The molecule has 1 saturated heterocycles. The van der Waals surface area contributed by atoms with Gasteiger partial charge in [0.25, 0.3) is 0 Å². The van der Waals surface area contributed by atoms with E-state index in [1.807, 2.05) is 55.5 Å². The van der Waals surface area contributed by atoms with Crippen molar-refractivity contribution in [1.82, 2.24) is 15.2 Å². The van der Waals surface area contributed by atoms with Gasteiger partial charge < -0.3 is 39.2 Å². The zero-order valence-corrected chi connectivity index (χ0v) is 34.4. The molecule has 58 heavy (non-hydrogen) atoms. The number of aliphatic hydroxyl groups is 2. The number of aliphatic hydroxyl groups excluding tert-OH is 1. The first-order valence-corrected chi connectivity index (χ1v) is 19.9. The Bertz CT molecular complexity index is 2010. The van der Waals surface area contributed by atoms with Gasteiger partial charge in [0.15, 0.2) is 5.60 Å². The number of pyridine rings is 1. The molecule has 3 unspecified atom stereocenters. The first kappa shape index (κ1) is 44.6. The van der Waals surface area contributed by atoms with Gasteiger partial charge in [0.1, 0.15) is 46.8 Å². The topological polar surface area (TPSA) is 184 Å². The minimum Gasteiger partial charge on any atom is -0.488 e. The molecule has 3 aromatic rings. The van der Waals surface area contributed by atoms with Crippen molar-refractivity contribution >= 4 is 40.7 Å². The third-order valence-electron chi connectivity index (χ3n) is 10.7. The molecule has 1 aromatic heterocycles. The van der Waals surface area contributed by atoms with E-state index in [1.165, 1.54) is 13.1 Å². The van der Waals surface area contributed by atoms with Crippen molar-refractivity contribution in [2.75, 3.05) is 46.1 Å². The highest BCUT2D eigenvalue weighted by Gasteiger charge is 2.51. The van der Waals surface area contributed by atoms with Crippen molar-refractivity contribution in [3.8, 4) is 17.6 Å². The fourth-order valence-electron chi connectivity index (χ4n) is 6.82. The van der Waals surface area contributed by atoms with E-state index in [0.29, 0.717) is 55.1 Å². The van der Waals surface area contributed by atoms with E-state index in [0.717, 1.165) is 11.1 Å². The van der Waals surface area contributed by atoms with E-state index < -0.39 is 40.2 Å². The Morgan fingerprint density at radius 1 is 1.10 bits per heavy atom. The van der Waals surface area contributed by atoms with Gasteiger partial charge in [-0.05, 0) is 69.4 Å². The molecule has 0 bridgehead atoms. The van der Waals surface area contributed by atoms with Crippen LogP contribution in [0.5, 0.6) is 11.5 Å². The van der Waals surface area contributed by atoms with E-state index in [4.69, 9.17) is 42.1 Å². The Morgan fingerprint density at radius 2 is 1.84 bits per heavy atom. The molecule has 13 nitrogen and oxygen atoms in total. The van der Waals surface area contributed by atoms with Crippen LogP contribution < -0.4 is 14.8 Å². The number of piperidine rings is 1. The van der Waals surface area contributed by atoms with Crippen molar-refractivity contribution < 1.29 is 43.9 Å². The van der Waals surface area contributed by atoms with Crippen LogP contribution in [0.25, 0.3) is 5.57 Å². The molecule has 2 heterocycles. The van der Waals surface area contributed by atoms with E-state index >= 15 is 0 Å². The largest absolute Gasteiger partial charge is 0.488 e. The second-order valence-corrected chi connectivity index (χ2v) is 16.0. The van der Waals surface area contributed by atoms with Gasteiger partial charge in [0.05, 0.1) is 23.8 Å². The van der Waals surface area contributed by atoms with Gasteiger partial charge in [-0.15, -0.1) is 11.6 Å². The number of carbonyl (C=O) groups excluding carboxylic acids is 1. The molecule has 1 aliphatic heterocycles. The van der Waals surface area contributed by atoms with Crippen molar-refractivity contribution in [2.45, 2.75) is 74.8 Å². The molecule has 5 rings (SSSR count). The standard InChI is InChI=1S/C43H50Cl2N4O9/c1-4-55-39(53)42(54)14-17-49(18-15-42)16-9-19-58-43(13-8-12-34(41(43,3)45)32-10-6-5-7-11-32)29-57-37-22-36(56-27-31-20-30(23-46)24-47-25-31)33(21-35(37)44)26-48-40(2,28-50)38(51)52/h5-8,10-13,20-22,24-25,48,50,54H,4,9,14-19,26-29H2,1-3H3,(H,51,52). The number of rotatable bonds is 19. The van der Waals surface area contributed by atoms with Gasteiger partial charge in [0, 0.05) is 62.4 Å². The third-order valence-corrected chi connectivity index (χ3v) is 11.5. The lowest BCUT2D eigenvalue weighted by atomic mass is 9.76. The van der Waals surface area contributed by atoms with Crippen LogP contribution in [0.1, 0.15) is 62.3 Å². The lowest BCUT2D eigenvalue weighted by Gasteiger charge is -2.45. The summed E-state index contributed by atoms with van der Waals surface area (Å²) in [6.07, 6.45) is 9.93. The fraction of sp³-hybridized carbons (Fsp3) is 0.442.